The first-order valence-electron chi connectivity index (χ1n) is 37.6. The summed E-state index contributed by atoms with van der Waals surface area (Å²) in [5.74, 6) is 2.32. The summed E-state index contributed by atoms with van der Waals surface area (Å²) >= 11 is 6.21. The van der Waals surface area contributed by atoms with E-state index in [0.717, 1.165) is 55.8 Å². The Morgan fingerprint density at radius 2 is 0.761 bits per heavy atom. The van der Waals surface area contributed by atoms with Crippen molar-refractivity contribution in [3.8, 4) is 51.0 Å². The minimum atomic E-state index is -0.932. The summed E-state index contributed by atoms with van der Waals surface area (Å²) in [4.78, 5) is 91.1. The van der Waals surface area contributed by atoms with Gasteiger partial charge in [-0.2, -0.15) is 0 Å². The molecule has 3 aromatic carbocycles. The monoisotopic (exact) mass is 1570 g/mol. The maximum atomic E-state index is 14.1. The molecule has 594 valence electrons. The number of amides is 3. The van der Waals surface area contributed by atoms with Gasteiger partial charge in [0.1, 0.15) is 42.3 Å². The third kappa shape index (κ3) is 17.6. The SMILES string of the molecule is COc1ncc(C(C)C)cc1-c1cnc(N2CC(F)C2)nc1CN1C(=O)O[C@H](c2cc(C)cc(F)c2)[C@@H]1C.COc1ncc(C(C)C)cc1-c1cnc(N2CCOCC2)nc1CN1C(=O)O[C@H](c2cc(C)cc(C)c2)[C@@H]1C.COc1ncc(Cl)cc1-c1cnc(N2CC(F)C2)nc1CN1C(=O)O[C@H](c2cc(C)cc(F)c2)[C@@H]1C. The van der Waals surface area contributed by atoms with Crippen molar-refractivity contribution >= 4 is 47.7 Å². The molecule has 0 aliphatic carbocycles. The molecule has 3 amide bonds. The molecule has 6 saturated heterocycles. The number of hydrogen-bond donors (Lipinski definition) is 0. The number of morpholine rings is 1. The molecule has 30 heteroatoms. The normalized spacial score (nSPS) is 19.7. The van der Waals surface area contributed by atoms with Gasteiger partial charge in [-0.3, -0.25) is 14.7 Å². The number of nitrogens with zero attached hydrogens (tertiary/aromatic N) is 15. The van der Waals surface area contributed by atoms with E-state index in [4.69, 9.17) is 59.7 Å². The number of aryl methyl sites for hydroxylation is 4. The molecule has 113 heavy (non-hydrogen) atoms. The van der Waals surface area contributed by atoms with Gasteiger partial charge in [-0.25, -0.2) is 76.8 Å². The fourth-order valence-corrected chi connectivity index (χ4v) is 14.9. The van der Waals surface area contributed by atoms with Gasteiger partial charge in [-0.05, 0) is 142 Å². The summed E-state index contributed by atoms with van der Waals surface area (Å²) < 4.78 is 94.7. The van der Waals surface area contributed by atoms with Crippen LogP contribution in [0.4, 0.5) is 49.8 Å². The molecule has 6 aliphatic rings. The Hall–Kier alpha value is -11.1. The van der Waals surface area contributed by atoms with Gasteiger partial charge < -0.3 is 47.9 Å². The summed E-state index contributed by atoms with van der Waals surface area (Å²) in [7, 11) is 4.64. The highest BCUT2D eigenvalue weighted by molar-refractivity contribution is 6.30. The summed E-state index contributed by atoms with van der Waals surface area (Å²) in [6, 6.07) is 20.3. The smallest absolute Gasteiger partial charge is 0.411 e. The molecule has 0 bridgehead atoms. The third-order valence-electron chi connectivity index (χ3n) is 20.9. The number of methoxy groups -OCH3 is 3. The number of rotatable bonds is 20. The Bertz CT molecular complexity index is 4950. The molecule has 6 atom stereocenters. The lowest BCUT2D eigenvalue weighted by Gasteiger charge is -2.34. The highest BCUT2D eigenvalue weighted by atomic mass is 35.5. The minimum absolute atomic E-state index is 0.0677. The quantitative estimate of drug-likeness (QED) is 0.0508. The van der Waals surface area contributed by atoms with Crippen LogP contribution in [-0.2, 0) is 38.6 Å². The van der Waals surface area contributed by atoms with Crippen molar-refractivity contribution in [1.82, 2.24) is 59.6 Å². The molecule has 0 saturated carbocycles. The van der Waals surface area contributed by atoms with E-state index >= 15 is 0 Å². The Labute approximate surface area is 659 Å². The van der Waals surface area contributed by atoms with Gasteiger partial charge in [-0.1, -0.05) is 80.8 Å². The van der Waals surface area contributed by atoms with Crippen LogP contribution in [0, 0.1) is 39.3 Å². The lowest BCUT2D eigenvalue weighted by atomic mass is 9.98. The van der Waals surface area contributed by atoms with Crippen LogP contribution in [0.15, 0.2) is 110 Å². The van der Waals surface area contributed by atoms with E-state index in [1.165, 1.54) is 42.5 Å². The van der Waals surface area contributed by atoms with Gasteiger partial charge >= 0.3 is 18.3 Å². The number of carbonyl (C=O) groups excluding carboxylic acids is 3. The molecule has 15 rings (SSSR count). The lowest BCUT2D eigenvalue weighted by Crippen LogP contribution is -2.49. The summed E-state index contributed by atoms with van der Waals surface area (Å²) in [6.45, 7) is 25.8. The van der Waals surface area contributed by atoms with E-state index in [1.54, 1.807) is 78.4 Å². The zero-order chi connectivity index (χ0) is 80.4. The van der Waals surface area contributed by atoms with Crippen LogP contribution in [0.25, 0.3) is 33.4 Å². The minimum Gasteiger partial charge on any atom is -0.481 e. The van der Waals surface area contributed by atoms with Gasteiger partial charge in [0.2, 0.25) is 35.5 Å². The number of ether oxygens (including phenoxy) is 7. The number of pyridine rings is 3. The van der Waals surface area contributed by atoms with Crippen molar-refractivity contribution in [3.05, 3.63) is 194 Å². The van der Waals surface area contributed by atoms with Crippen LogP contribution in [0.2, 0.25) is 5.02 Å². The van der Waals surface area contributed by atoms with Crippen LogP contribution in [0.5, 0.6) is 17.6 Å². The van der Waals surface area contributed by atoms with Crippen molar-refractivity contribution < 1.29 is 65.1 Å². The van der Waals surface area contributed by atoms with Crippen LogP contribution in [0.1, 0.15) is 146 Å². The molecule has 25 nitrogen and oxygen atoms in total. The predicted molar refractivity (Wildman–Crippen MR) is 417 cm³/mol. The number of carbonyl (C=O) groups is 3. The van der Waals surface area contributed by atoms with Crippen molar-refractivity contribution in [2.75, 3.05) is 88.5 Å². The van der Waals surface area contributed by atoms with E-state index in [-0.39, 0.29) is 81.7 Å². The summed E-state index contributed by atoms with van der Waals surface area (Å²) in [5.41, 5.74) is 13.9. The highest BCUT2D eigenvalue weighted by Crippen LogP contribution is 2.43. The molecular formula is C83H92ClF4N15O10. The fourth-order valence-electron chi connectivity index (χ4n) is 14.7. The van der Waals surface area contributed by atoms with Crippen molar-refractivity contribution in [2.24, 2.45) is 0 Å². The Balaban J connectivity index is 0.000000148. The predicted octanol–water partition coefficient (Wildman–Crippen LogP) is 15.5. The fraction of sp³-hybridized carbons (Fsp3) is 0.422. The van der Waals surface area contributed by atoms with Crippen LogP contribution in [-0.4, -0.2) is 182 Å². The first kappa shape index (κ1) is 80.0. The molecular weight excluding hydrogens is 1480 g/mol. The van der Waals surface area contributed by atoms with Gasteiger partial charge in [0.15, 0.2) is 0 Å². The highest BCUT2D eigenvalue weighted by Gasteiger charge is 2.45. The maximum absolute atomic E-state index is 14.1. The first-order valence-corrected chi connectivity index (χ1v) is 38.0. The van der Waals surface area contributed by atoms with E-state index in [0.29, 0.717) is 112 Å². The third-order valence-corrected chi connectivity index (χ3v) is 21.1. The van der Waals surface area contributed by atoms with Gasteiger partial charge in [0.05, 0.1) is 121 Å². The van der Waals surface area contributed by atoms with E-state index in [2.05, 4.69) is 101 Å². The Morgan fingerprint density at radius 1 is 0.434 bits per heavy atom. The Kier molecular flexibility index (Phi) is 24.1. The van der Waals surface area contributed by atoms with Crippen molar-refractivity contribution in [1.29, 1.82) is 0 Å². The number of halogens is 5. The van der Waals surface area contributed by atoms with Crippen LogP contribution >= 0.6 is 11.6 Å². The Morgan fingerprint density at radius 3 is 1.10 bits per heavy atom. The van der Waals surface area contributed by atoms with Gasteiger partial charge in [-0.15, -0.1) is 0 Å². The van der Waals surface area contributed by atoms with E-state index in [1.807, 2.05) is 45.3 Å². The molecule has 6 aliphatic heterocycles. The van der Waals surface area contributed by atoms with Gasteiger partial charge in [0, 0.05) is 83.7 Å². The molecule has 6 aromatic heterocycles. The number of cyclic esters (lactones) is 3. The maximum Gasteiger partial charge on any atom is 0.411 e. The van der Waals surface area contributed by atoms with Crippen LogP contribution < -0.4 is 28.9 Å². The second-order valence-corrected chi connectivity index (χ2v) is 30.4. The summed E-state index contributed by atoms with van der Waals surface area (Å²) in [6.07, 6.45) is 5.24. The van der Waals surface area contributed by atoms with Crippen molar-refractivity contribution in [2.45, 2.75) is 156 Å². The summed E-state index contributed by atoms with van der Waals surface area (Å²) in [5, 5.41) is 0.388. The van der Waals surface area contributed by atoms with E-state index in [9.17, 15) is 31.9 Å². The first-order chi connectivity index (χ1) is 54.1. The number of hydrogen-bond acceptors (Lipinski definition) is 22. The second-order valence-electron chi connectivity index (χ2n) is 29.9. The average molecular weight is 1570 g/mol. The molecule has 0 spiro atoms. The number of anilines is 3. The molecule has 0 radical (unpaired) electrons. The lowest BCUT2D eigenvalue weighted by molar-refractivity contribution is 0.122. The molecule has 9 aromatic rings. The number of alkyl halides is 2. The number of benzene rings is 3. The van der Waals surface area contributed by atoms with Crippen molar-refractivity contribution in [3.63, 3.8) is 0 Å². The van der Waals surface area contributed by atoms with Crippen LogP contribution in [0.3, 0.4) is 0 Å². The largest absolute Gasteiger partial charge is 0.481 e. The zero-order valence-electron chi connectivity index (χ0n) is 65.6. The molecule has 6 fully saturated rings. The standard InChI is InChI=1S/C30H37N5O4.C28H31F2N5O3.C25H24ClF2N5O3/c1-18(2)23-14-24(28(37-6)31-15-23)25-16-32-29(34-7-9-38-10-8-34)33-26(25)17-35-21(5)27(39-30(35)36)22-12-19(3)11-20(4)13-22;1-15(2)19-9-22(26(37-5)31-10-19)23-11-32-27(34-12-21(30)13-34)33-24(23)14-35-17(4)25(38-28(35)36)18-6-16(3)7-20(29)8-18;1-13-4-15(6-17(27)5-13)22-14(2)33(25(34)36-22)12-21-20(19-7-16(26)8-29-23(19)35-3)9-30-24(31-21)32-10-18(28)11-32/h11-16,18,21,27H,7-10,17H2,1-6H3;6-11,15,17,21,25H,12-14H2,1-5H3;4-9,14,18,22H,10-12H2,1-3H3/t21-,27-;17-,25-;14-,22-/m000/s1. The van der Waals surface area contributed by atoms with E-state index < -0.39 is 54.6 Å². The number of aromatic nitrogens is 9. The average Bonchev–Trinajstić information content (AvgIpc) is 1.75. The second kappa shape index (κ2) is 34.1. The topological polar surface area (TPSA) is 251 Å². The van der Waals surface area contributed by atoms with Gasteiger partial charge in [0.25, 0.3) is 0 Å². The molecule has 0 unspecified atom stereocenters. The molecule has 0 N–H and O–H groups in total. The zero-order valence-corrected chi connectivity index (χ0v) is 66.4. The molecule has 12 heterocycles.